The number of rotatable bonds is 0. The molecule has 0 bridgehead atoms. The van der Waals surface area contributed by atoms with Crippen molar-refractivity contribution in [3.05, 3.63) is 27.8 Å². The van der Waals surface area contributed by atoms with Crippen molar-refractivity contribution >= 4 is 35.9 Å². The molecule has 12 heavy (non-hydrogen) atoms. The summed E-state index contributed by atoms with van der Waals surface area (Å²) in [5, 5.41) is 11.1. The molecule has 1 aromatic carbocycles. The average Bonchev–Trinajstić information content (AvgIpc) is 2.49. The van der Waals surface area contributed by atoms with Gasteiger partial charge in [0.05, 0.1) is 0 Å². The molecule has 0 aliphatic rings. The minimum atomic E-state index is 0.299. The molecule has 0 fully saturated rings. The Hall–Kier alpha value is -0.811. The molecule has 0 saturated heterocycles. The van der Waals surface area contributed by atoms with Gasteiger partial charge >= 0.3 is 80.0 Å². The van der Waals surface area contributed by atoms with Crippen molar-refractivity contribution in [1.29, 1.82) is 5.26 Å². The van der Waals surface area contributed by atoms with Gasteiger partial charge in [-0.15, -0.1) is 0 Å². The summed E-state index contributed by atoms with van der Waals surface area (Å²) in [7, 11) is 0. The summed E-state index contributed by atoms with van der Waals surface area (Å²) in [6.45, 7) is 0. The van der Waals surface area contributed by atoms with E-state index in [1.54, 1.807) is 6.07 Å². The van der Waals surface area contributed by atoms with Crippen molar-refractivity contribution < 1.29 is 0 Å². The van der Waals surface area contributed by atoms with Crippen LogP contribution >= 0.6 is 11.6 Å². The summed E-state index contributed by atoms with van der Waals surface area (Å²) < 4.78 is 1.16. The van der Waals surface area contributed by atoms with E-state index in [0.717, 1.165) is 9.78 Å². The van der Waals surface area contributed by atoms with Gasteiger partial charge in [-0.3, -0.25) is 0 Å². The van der Waals surface area contributed by atoms with E-state index in [1.165, 1.54) is 0 Å². The van der Waals surface area contributed by atoms with Crippen LogP contribution in [0, 0.1) is 11.3 Å². The van der Waals surface area contributed by atoms with Crippen LogP contribution in [0.15, 0.2) is 17.2 Å². The van der Waals surface area contributed by atoms with Gasteiger partial charge in [-0.05, 0) is 0 Å². The van der Waals surface area contributed by atoms with E-state index in [-0.39, 0.29) is 0 Å². The van der Waals surface area contributed by atoms with Crippen molar-refractivity contribution in [2.24, 2.45) is 0 Å². The van der Waals surface area contributed by atoms with Gasteiger partial charge in [0.2, 0.25) is 0 Å². The number of benzene rings is 1. The molecule has 0 aliphatic carbocycles. The zero-order chi connectivity index (χ0) is 8.55. The maximum absolute atomic E-state index is 8.67. The van der Waals surface area contributed by atoms with E-state index < -0.39 is 0 Å². The van der Waals surface area contributed by atoms with Crippen molar-refractivity contribution in [2.45, 2.75) is 0 Å². The van der Waals surface area contributed by atoms with E-state index in [2.05, 4.69) is 4.98 Å². The fraction of sp³-hybridized carbons (Fsp3) is 0. The van der Waals surface area contributed by atoms with Gasteiger partial charge in [-0.2, -0.15) is 0 Å². The standard InChI is InChI=1S/C8H3ClN2Se/c9-6-2-8-7(11-4-12-8)1-5(6)3-10/h1-2,4H. The van der Waals surface area contributed by atoms with Gasteiger partial charge in [-0.25, -0.2) is 0 Å². The molecule has 2 nitrogen and oxygen atoms in total. The van der Waals surface area contributed by atoms with Crippen LogP contribution in [-0.4, -0.2) is 19.5 Å². The van der Waals surface area contributed by atoms with Crippen LogP contribution in [0.4, 0.5) is 0 Å². The Morgan fingerprint density at radius 2 is 2.33 bits per heavy atom. The molecule has 0 aliphatic heterocycles. The molecule has 1 aromatic heterocycles. The van der Waals surface area contributed by atoms with Gasteiger partial charge in [0.15, 0.2) is 0 Å². The fourth-order valence-electron chi connectivity index (χ4n) is 0.964. The Morgan fingerprint density at radius 1 is 1.50 bits per heavy atom. The zero-order valence-electron chi connectivity index (χ0n) is 5.91. The maximum atomic E-state index is 8.67. The van der Waals surface area contributed by atoms with Crippen LogP contribution in [0.5, 0.6) is 0 Å². The molecular weight excluding hydrogens is 239 g/mol. The number of hydrogen-bond donors (Lipinski definition) is 0. The van der Waals surface area contributed by atoms with Gasteiger partial charge in [0.25, 0.3) is 0 Å². The van der Waals surface area contributed by atoms with Crippen LogP contribution in [-0.2, 0) is 0 Å². The third-order valence-electron chi connectivity index (χ3n) is 1.54. The zero-order valence-corrected chi connectivity index (χ0v) is 8.38. The predicted molar refractivity (Wildman–Crippen MR) is 48.4 cm³/mol. The van der Waals surface area contributed by atoms with Gasteiger partial charge in [0.1, 0.15) is 0 Å². The van der Waals surface area contributed by atoms with E-state index in [4.69, 9.17) is 16.9 Å². The second-order valence-corrected chi connectivity index (χ2v) is 4.53. The Morgan fingerprint density at radius 3 is 3.08 bits per heavy atom. The normalized spacial score (nSPS) is 10.0. The SMILES string of the molecule is N#Cc1cc2nc[se]c2cc1Cl. The Balaban J connectivity index is 2.84. The van der Waals surface area contributed by atoms with Gasteiger partial charge in [0, 0.05) is 0 Å². The number of halogens is 1. The molecule has 58 valence electrons. The quantitative estimate of drug-likeness (QED) is 0.660. The second-order valence-electron chi connectivity index (χ2n) is 2.26. The molecule has 2 rings (SSSR count). The summed E-state index contributed by atoms with van der Waals surface area (Å²) in [4.78, 5) is 4.14. The number of hydrogen-bond acceptors (Lipinski definition) is 2. The summed E-state index contributed by atoms with van der Waals surface area (Å²) >= 11 is 6.14. The van der Waals surface area contributed by atoms with Crippen LogP contribution in [0.25, 0.3) is 9.78 Å². The number of nitrogens with zero attached hydrogens (tertiary/aromatic N) is 2. The van der Waals surface area contributed by atoms with Crippen molar-refractivity contribution in [2.75, 3.05) is 0 Å². The van der Waals surface area contributed by atoms with E-state index in [0.29, 0.717) is 25.1 Å². The number of aromatic nitrogens is 1. The molecular formula is C8H3ClN2Se. The van der Waals surface area contributed by atoms with Crippen LogP contribution in [0.2, 0.25) is 5.02 Å². The third-order valence-corrected chi connectivity index (χ3v) is 3.51. The third kappa shape index (κ3) is 1.15. The molecule has 0 amide bonds. The van der Waals surface area contributed by atoms with E-state index in [1.807, 2.05) is 17.2 Å². The average molecular weight is 242 g/mol. The van der Waals surface area contributed by atoms with Crippen molar-refractivity contribution in [3.63, 3.8) is 0 Å². The molecule has 2 aromatic rings. The second kappa shape index (κ2) is 2.91. The Labute approximate surface area is 80.2 Å². The first kappa shape index (κ1) is 7.82. The van der Waals surface area contributed by atoms with E-state index in [9.17, 15) is 0 Å². The Bertz CT molecular complexity index is 469. The molecule has 0 N–H and O–H groups in total. The molecule has 4 heteroatoms. The molecule has 0 saturated carbocycles. The predicted octanol–water partition coefficient (Wildman–Crippen LogP) is 1.82. The van der Waals surface area contributed by atoms with Crippen LogP contribution in [0.3, 0.4) is 0 Å². The summed E-state index contributed by atoms with van der Waals surface area (Å²) in [6, 6.07) is 5.60. The van der Waals surface area contributed by atoms with Crippen molar-refractivity contribution in [1.82, 2.24) is 4.98 Å². The molecule has 0 unspecified atom stereocenters. The van der Waals surface area contributed by atoms with Crippen LogP contribution < -0.4 is 0 Å². The van der Waals surface area contributed by atoms with Crippen molar-refractivity contribution in [3.8, 4) is 6.07 Å². The fourth-order valence-corrected chi connectivity index (χ4v) is 2.78. The van der Waals surface area contributed by atoms with Gasteiger partial charge < -0.3 is 0 Å². The Kier molecular flexibility index (Phi) is 1.90. The molecule has 0 radical (unpaired) electrons. The first-order valence-corrected chi connectivity index (χ1v) is 5.46. The van der Waals surface area contributed by atoms with Gasteiger partial charge in [-0.1, -0.05) is 0 Å². The summed E-state index contributed by atoms with van der Waals surface area (Å²) in [5.74, 6) is 0. The minimum absolute atomic E-state index is 0.299. The van der Waals surface area contributed by atoms with E-state index >= 15 is 0 Å². The molecule has 0 spiro atoms. The molecule has 0 atom stereocenters. The first-order valence-electron chi connectivity index (χ1n) is 3.24. The number of fused-ring (bicyclic) bond motifs is 1. The summed E-state index contributed by atoms with van der Waals surface area (Å²) in [6.07, 6.45) is 0. The number of nitriles is 1. The van der Waals surface area contributed by atoms with Crippen LogP contribution in [0.1, 0.15) is 5.56 Å². The monoisotopic (exact) mass is 242 g/mol. The topological polar surface area (TPSA) is 36.7 Å². The first-order chi connectivity index (χ1) is 5.81. The summed E-state index contributed by atoms with van der Waals surface area (Å²) in [5.41, 5.74) is 1.40. The molecule has 1 heterocycles.